The molecule has 1 radical (unpaired) electrons. The summed E-state index contributed by atoms with van der Waals surface area (Å²) in [6, 6.07) is 11.5. The zero-order chi connectivity index (χ0) is 16.2. The van der Waals surface area contributed by atoms with Crippen LogP contribution in [0, 0.1) is 6.20 Å². The molecule has 1 N–H and O–H groups in total. The van der Waals surface area contributed by atoms with Crippen LogP contribution in [0.3, 0.4) is 0 Å². The molecular formula is C18H18NO4. The Morgan fingerprint density at radius 3 is 2.35 bits per heavy atom. The molecule has 0 fully saturated rings. The Morgan fingerprint density at radius 1 is 0.957 bits per heavy atom. The summed E-state index contributed by atoms with van der Waals surface area (Å²) in [7, 11) is 4.77. The van der Waals surface area contributed by atoms with E-state index in [1.54, 1.807) is 21.3 Å². The van der Waals surface area contributed by atoms with Crippen LogP contribution in [0.15, 0.2) is 36.4 Å². The second-order valence-corrected chi connectivity index (χ2v) is 4.98. The van der Waals surface area contributed by atoms with E-state index in [0.717, 1.165) is 22.2 Å². The highest BCUT2D eigenvalue weighted by molar-refractivity contribution is 5.80. The van der Waals surface area contributed by atoms with Crippen LogP contribution in [0.5, 0.6) is 23.0 Å². The molecule has 0 saturated carbocycles. The first kappa shape index (κ1) is 15.1. The van der Waals surface area contributed by atoms with Crippen LogP contribution in [0.1, 0.15) is 5.56 Å². The fourth-order valence-electron chi connectivity index (χ4n) is 2.44. The molecule has 0 atom stereocenters. The summed E-state index contributed by atoms with van der Waals surface area (Å²) in [6.45, 7) is 0.399. The predicted molar refractivity (Wildman–Crippen MR) is 87.6 cm³/mol. The summed E-state index contributed by atoms with van der Waals surface area (Å²) in [5.41, 5.74) is 1.96. The number of rotatable bonds is 6. The van der Waals surface area contributed by atoms with E-state index in [-0.39, 0.29) is 0 Å². The van der Waals surface area contributed by atoms with Crippen molar-refractivity contribution >= 4 is 10.9 Å². The maximum atomic E-state index is 5.86. The third kappa shape index (κ3) is 3.04. The standard InChI is InChI=1S/C18H18NO4/c1-20-16-8-12(9-17(21-2)18(16)22-3)11-23-14-4-5-15-13(10-14)6-7-19-15/h4-6,8-10,19H,11H2,1-3H3. The van der Waals surface area contributed by atoms with Crippen LogP contribution in [0.2, 0.25) is 0 Å². The van der Waals surface area contributed by atoms with Crippen LogP contribution in [0.4, 0.5) is 0 Å². The minimum atomic E-state index is 0.399. The molecule has 1 heterocycles. The van der Waals surface area contributed by atoms with Crippen molar-refractivity contribution in [3.05, 3.63) is 48.2 Å². The van der Waals surface area contributed by atoms with Crippen molar-refractivity contribution in [2.45, 2.75) is 6.61 Å². The van der Waals surface area contributed by atoms with Crippen LogP contribution in [0.25, 0.3) is 10.9 Å². The molecule has 0 unspecified atom stereocenters. The molecule has 0 spiro atoms. The number of H-pyrrole nitrogens is 1. The van der Waals surface area contributed by atoms with Gasteiger partial charge in [0.15, 0.2) is 11.5 Å². The summed E-state index contributed by atoms with van der Waals surface area (Å²) in [5.74, 6) is 2.59. The SMILES string of the molecule is COc1cc(COc2ccc3[nH][c]cc3c2)cc(OC)c1OC. The Morgan fingerprint density at radius 2 is 1.70 bits per heavy atom. The lowest BCUT2D eigenvalue weighted by Gasteiger charge is -2.14. The van der Waals surface area contributed by atoms with Gasteiger partial charge in [-0.2, -0.15) is 0 Å². The van der Waals surface area contributed by atoms with Crippen LogP contribution >= 0.6 is 0 Å². The number of nitrogens with one attached hydrogen (secondary N) is 1. The monoisotopic (exact) mass is 312 g/mol. The van der Waals surface area contributed by atoms with E-state index in [9.17, 15) is 0 Å². The molecule has 0 amide bonds. The molecule has 0 bridgehead atoms. The van der Waals surface area contributed by atoms with E-state index in [4.69, 9.17) is 18.9 Å². The van der Waals surface area contributed by atoms with Gasteiger partial charge >= 0.3 is 0 Å². The lowest BCUT2D eigenvalue weighted by Crippen LogP contribution is -2.00. The third-order valence-corrected chi connectivity index (χ3v) is 3.59. The second kappa shape index (κ2) is 6.52. The van der Waals surface area contributed by atoms with E-state index in [1.165, 1.54) is 0 Å². The largest absolute Gasteiger partial charge is 0.493 e. The number of hydrogen-bond donors (Lipinski definition) is 1. The van der Waals surface area contributed by atoms with Gasteiger partial charge in [-0.05, 0) is 42.0 Å². The maximum absolute atomic E-state index is 5.86. The summed E-state index contributed by atoms with van der Waals surface area (Å²) >= 11 is 0. The van der Waals surface area contributed by atoms with Crippen molar-refractivity contribution in [1.82, 2.24) is 4.98 Å². The lowest BCUT2D eigenvalue weighted by molar-refractivity contribution is 0.299. The molecular weight excluding hydrogens is 294 g/mol. The van der Waals surface area contributed by atoms with Gasteiger partial charge in [-0.1, -0.05) is 0 Å². The number of aromatic amines is 1. The molecule has 1 aromatic heterocycles. The van der Waals surface area contributed by atoms with Gasteiger partial charge in [-0.3, -0.25) is 0 Å². The van der Waals surface area contributed by atoms with Gasteiger partial charge in [0.1, 0.15) is 12.4 Å². The summed E-state index contributed by atoms with van der Waals surface area (Å²) < 4.78 is 21.9. The Hall–Kier alpha value is -2.82. The van der Waals surface area contributed by atoms with Crippen molar-refractivity contribution in [3.8, 4) is 23.0 Å². The molecule has 23 heavy (non-hydrogen) atoms. The number of aromatic nitrogens is 1. The van der Waals surface area contributed by atoms with E-state index in [2.05, 4.69) is 11.2 Å². The Labute approximate surface area is 134 Å². The molecule has 3 rings (SSSR count). The van der Waals surface area contributed by atoms with E-state index >= 15 is 0 Å². The topological polar surface area (TPSA) is 52.7 Å². The van der Waals surface area contributed by atoms with Crippen molar-refractivity contribution in [2.75, 3.05) is 21.3 Å². The maximum Gasteiger partial charge on any atom is 0.203 e. The first-order chi connectivity index (χ1) is 11.2. The lowest BCUT2D eigenvalue weighted by atomic mass is 10.2. The zero-order valence-corrected chi connectivity index (χ0v) is 13.3. The average molecular weight is 312 g/mol. The minimum Gasteiger partial charge on any atom is -0.493 e. The minimum absolute atomic E-state index is 0.399. The molecule has 0 aliphatic carbocycles. The van der Waals surface area contributed by atoms with Gasteiger partial charge in [0, 0.05) is 10.9 Å². The fraction of sp³-hybridized carbons (Fsp3) is 0.222. The first-order valence-electron chi connectivity index (χ1n) is 7.15. The highest BCUT2D eigenvalue weighted by atomic mass is 16.5. The van der Waals surface area contributed by atoms with Gasteiger partial charge in [-0.15, -0.1) is 0 Å². The van der Waals surface area contributed by atoms with Crippen molar-refractivity contribution in [2.24, 2.45) is 0 Å². The third-order valence-electron chi connectivity index (χ3n) is 3.59. The number of methoxy groups -OCH3 is 3. The Kier molecular flexibility index (Phi) is 4.28. The quantitative estimate of drug-likeness (QED) is 0.756. The Balaban J connectivity index is 1.81. The summed E-state index contributed by atoms with van der Waals surface area (Å²) in [4.78, 5) is 3.04. The summed E-state index contributed by atoms with van der Waals surface area (Å²) in [6.07, 6.45) is 2.95. The molecule has 0 aliphatic heterocycles. The first-order valence-corrected chi connectivity index (χ1v) is 7.15. The van der Waals surface area contributed by atoms with Gasteiger partial charge in [0.25, 0.3) is 0 Å². The number of ether oxygens (including phenoxy) is 4. The molecule has 119 valence electrons. The molecule has 3 aromatic rings. The van der Waals surface area contributed by atoms with E-state index in [0.29, 0.717) is 23.9 Å². The van der Waals surface area contributed by atoms with Crippen molar-refractivity contribution < 1.29 is 18.9 Å². The normalized spacial score (nSPS) is 10.6. The molecule has 2 aromatic carbocycles. The van der Waals surface area contributed by atoms with Crippen LogP contribution in [-0.4, -0.2) is 26.3 Å². The average Bonchev–Trinajstić information content (AvgIpc) is 3.06. The van der Waals surface area contributed by atoms with Crippen molar-refractivity contribution in [1.29, 1.82) is 0 Å². The zero-order valence-electron chi connectivity index (χ0n) is 13.3. The molecule has 0 aliphatic rings. The van der Waals surface area contributed by atoms with Crippen LogP contribution < -0.4 is 18.9 Å². The highest BCUT2D eigenvalue weighted by Gasteiger charge is 2.13. The summed E-state index contributed by atoms with van der Waals surface area (Å²) in [5, 5.41) is 1.06. The van der Waals surface area contributed by atoms with Gasteiger partial charge < -0.3 is 23.9 Å². The molecule has 5 heteroatoms. The van der Waals surface area contributed by atoms with Crippen LogP contribution in [-0.2, 0) is 6.61 Å². The van der Waals surface area contributed by atoms with Gasteiger partial charge in [0.2, 0.25) is 5.75 Å². The van der Waals surface area contributed by atoms with Gasteiger partial charge in [0.05, 0.1) is 27.5 Å². The highest BCUT2D eigenvalue weighted by Crippen LogP contribution is 2.38. The van der Waals surface area contributed by atoms with E-state index in [1.807, 2.05) is 36.4 Å². The number of hydrogen-bond acceptors (Lipinski definition) is 4. The van der Waals surface area contributed by atoms with Gasteiger partial charge in [-0.25, -0.2) is 0 Å². The second-order valence-electron chi connectivity index (χ2n) is 4.98. The number of benzene rings is 2. The Bertz CT molecular complexity index is 785. The molecule has 5 nitrogen and oxygen atoms in total. The number of fused-ring (bicyclic) bond motifs is 1. The van der Waals surface area contributed by atoms with E-state index < -0.39 is 0 Å². The van der Waals surface area contributed by atoms with Crippen molar-refractivity contribution in [3.63, 3.8) is 0 Å². The smallest absolute Gasteiger partial charge is 0.203 e. The predicted octanol–water partition coefficient (Wildman–Crippen LogP) is 3.57. The molecule has 0 saturated heterocycles. The fourth-order valence-corrected chi connectivity index (χ4v) is 2.44.